The van der Waals surface area contributed by atoms with Gasteiger partial charge in [0.15, 0.2) is 0 Å². The molecule has 5 nitrogen and oxygen atoms in total. The fourth-order valence-electron chi connectivity index (χ4n) is 2.64. The van der Waals surface area contributed by atoms with E-state index in [1.165, 1.54) is 0 Å². The third kappa shape index (κ3) is 3.44. The van der Waals surface area contributed by atoms with E-state index in [1.807, 2.05) is 23.1 Å². The number of halogens is 1. The fraction of sp³-hybridized carbons (Fsp3) is 0.333. The van der Waals surface area contributed by atoms with Gasteiger partial charge in [0, 0.05) is 35.5 Å². The molecule has 0 radical (unpaired) electrons. The molecule has 1 aromatic heterocycles. The van der Waals surface area contributed by atoms with Crippen molar-refractivity contribution in [1.29, 1.82) is 0 Å². The summed E-state index contributed by atoms with van der Waals surface area (Å²) in [4.78, 5) is 14.2. The fourth-order valence-corrected chi connectivity index (χ4v) is 3.04. The number of carbonyl (C=O) groups excluding carboxylic acids is 1. The van der Waals surface area contributed by atoms with Crippen LogP contribution in [-0.2, 0) is 0 Å². The van der Waals surface area contributed by atoms with Crippen LogP contribution in [0.4, 0.5) is 5.69 Å². The van der Waals surface area contributed by atoms with E-state index < -0.39 is 0 Å². The highest BCUT2D eigenvalue weighted by molar-refractivity contribution is 9.10. The monoisotopic (exact) mass is 348 g/mol. The Kier molecular flexibility index (Phi) is 4.24. The number of aromatic amines is 1. The summed E-state index contributed by atoms with van der Waals surface area (Å²) in [6.45, 7) is 1.53. The molecular weight excluding hydrogens is 332 g/mol. The van der Waals surface area contributed by atoms with E-state index in [0.29, 0.717) is 5.56 Å². The van der Waals surface area contributed by atoms with Gasteiger partial charge in [0.1, 0.15) is 0 Å². The summed E-state index contributed by atoms with van der Waals surface area (Å²) < 4.78 is 1.05. The molecule has 1 amide bonds. The van der Waals surface area contributed by atoms with Gasteiger partial charge in [0.05, 0.1) is 11.8 Å². The third-order valence-electron chi connectivity index (χ3n) is 3.65. The summed E-state index contributed by atoms with van der Waals surface area (Å²) in [5.74, 6) is 0.0458. The minimum absolute atomic E-state index is 0.0458. The number of nitrogens with zero attached hydrogens (tertiary/aromatic N) is 2. The Morgan fingerprint density at radius 1 is 1.48 bits per heavy atom. The number of anilines is 1. The smallest absolute Gasteiger partial charge is 0.257 e. The van der Waals surface area contributed by atoms with Gasteiger partial charge in [-0.15, -0.1) is 0 Å². The minimum Gasteiger partial charge on any atom is -0.380 e. The van der Waals surface area contributed by atoms with Crippen molar-refractivity contribution in [2.45, 2.75) is 18.9 Å². The van der Waals surface area contributed by atoms with E-state index in [-0.39, 0.29) is 11.9 Å². The van der Waals surface area contributed by atoms with Crippen LogP contribution in [0.3, 0.4) is 0 Å². The molecule has 2 heterocycles. The van der Waals surface area contributed by atoms with Crippen LogP contribution in [0, 0.1) is 0 Å². The van der Waals surface area contributed by atoms with Crippen LogP contribution in [0.15, 0.2) is 41.1 Å². The van der Waals surface area contributed by atoms with Gasteiger partial charge >= 0.3 is 0 Å². The van der Waals surface area contributed by atoms with Gasteiger partial charge in [0.25, 0.3) is 5.91 Å². The Morgan fingerprint density at radius 3 is 3.14 bits per heavy atom. The summed E-state index contributed by atoms with van der Waals surface area (Å²) in [6, 6.07) is 8.38. The van der Waals surface area contributed by atoms with Gasteiger partial charge in [-0.1, -0.05) is 22.0 Å². The predicted molar refractivity (Wildman–Crippen MR) is 85.3 cm³/mol. The van der Waals surface area contributed by atoms with Crippen molar-refractivity contribution in [2.24, 2.45) is 0 Å². The number of rotatable bonds is 3. The van der Waals surface area contributed by atoms with Crippen molar-refractivity contribution in [3.05, 3.63) is 46.7 Å². The van der Waals surface area contributed by atoms with Crippen LogP contribution in [0.2, 0.25) is 0 Å². The molecule has 1 aliphatic rings. The van der Waals surface area contributed by atoms with E-state index in [1.54, 1.807) is 12.4 Å². The quantitative estimate of drug-likeness (QED) is 0.896. The van der Waals surface area contributed by atoms with Crippen LogP contribution >= 0.6 is 15.9 Å². The molecule has 0 unspecified atom stereocenters. The van der Waals surface area contributed by atoms with Gasteiger partial charge in [-0.05, 0) is 31.0 Å². The number of carbonyl (C=O) groups is 1. The lowest BCUT2D eigenvalue weighted by molar-refractivity contribution is 0.0715. The maximum absolute atomic E-state index is 12.3. The Bertz CT molecular complexity index is 614. The van der Waals surface area contributed by atoms with E-state index >= 15 is 0 Å². The first-order valence-electron chi connectivity index (χ1n) is 7.02. The number of hydrogen-bond acceptors (Lipinski definition) is 3. The van der Waals surface area contributed by atoms with Crippen molar-refractivity contribution >= 4 is 27.5 Å². The Balaban J connectivity index is 1.64. The van der Waals surface area contributed by atoms with Crippen LogP contribution in [0.5, 0.6) is 0 Å². The molecule has 0 bridgehead atoms. The van der Waals surface area contributed by atoms with E-state index in [2.05, 4.69) is 37.5 Å². The molecule has 0 saturated carbocycles. The Hall–Kier alpha value is -1.82. The SMILES string of the molecule is O=C(c1cn[nH]c1)N1CCC[C@@H](Nc2cccc(Br)c2)C1. The molecule has 21 heavy (non-hydrogen) atoms. The zero-order chi connectivity index (χ0) is 14.7. The summed E-state index contributed by atoms with van der Waals surface area (Å²) in [5, 5.41) is 10.0. The lowest BCUT2D eigenvalue weighted by atomic mass is 10.0. The van der Waals surface area contributed by atoms with E-state index in [4.69, 9.17) is 0 Å². The van der Waals surface area contributed by atoms with Gasteiger partial charge in [-0.3, -0.25) is 9.89 Å². The van der Waals surface area contributed by atoms with Crippen LogP contribution in [-0.4, -0.2) is 40.1 Å². The molecular formula is C15H17BrN4O. The molecule has 2 N–H and O–H groups in total. The molecule has 0 aliphatic carbocycles. The van der Waals surface area contributed by atoms with Gasteiger partial charge < -0.3 is 10.2 Å². The number of H-pyrrole nitrogens is 1. The second-order valence-electron chi connectivity index (χ2n) is 5.23. The summed E-state index contributed by atoms with van der Waals surface area (Å²) in [7, 11) is 0. The first-order valence-corrected chi connectivity index (χ1v) is 7.82. The molecule has 110 valence electrons. The molecule has 0 spiro atoms. The van der Waals surface area contributed by atoms with Crippen molar-refractivity contribution in [3.63, 3.8) is 0 Å². The molecule has 1 aromatic carbocycles. The summed E-state index contributed by atoms with van der Waals surface area (Å²) in [6.07, 6.45) is 5.30. The second kappa shape index (κ2) is 6.30. The third-order valence-corrected chi connectivity index (χ3v) is 4.14. The lowest BCUT2D eigenvalue weighted by Crippen LogP contribution is -2.45. The normalized spacial score (nSPS) is 18.5. The highest BCUT2D eigenvalue weighted by Crippen LogP contribution is 2.20. The number of aromatic nitrogens is 2. The standard InChI is InChI=1S/C15H17BrN4O/c16-12-3-1-4-13(7-12)19-14-5-2-6-20(10-14)15(21)11-8-17-18-9-11/h1,3-4,7-9,14,19H,2,5-6,10H2,(H,17,18)/t14-/m1/s1. The number of piperidine rings is 1. The lowest BCUT2D eigenvalue weighted by Gasteiger charge is -2.33. The van der Waals surface area contributed by atoms with Gasteiger partial charge in [-0.2, -0.15) is 5.10 Å². The number of nitrogens with one attached hydrogen (secondary N) is 2. The Morgan fingerprint density at radius 2 is 2.38 bits per heavy atom. The molecule has 1 aliphatic heterocycles. The molecule has 1 saturated heterocycles. The van der Waals surface area contributed by atoms with Gasteiger partial charge in [-0.25, -0.2) is 0 Å². The van der Waals surface area contributed by atoms with Crippen molar-refractivity contribution in [1.82, 2.24) is 15.1 Å². The zero-order valence-electron chi connectivity index (χ0n) is 11.6. The molecule has 2 aromatic rings. The predicted octanol–water partition coefficient (Wildman–Crippen LogP) is 2.89. The second-order valence-corrected chi connectivity index (χ2v) is 6.15. The molecule has 1 fully saturated rings. The van der Waals surface area contributed by atoms with E-state index in [0.717, 1.165) is 36.1 Å². The molecule has 3 rings (SSSR count). The number of amides is 1. The summed E-state index contributed by atoms with van der Waals surface area (Å²) in [5.41, 5.74) is 1.70. The highest BCUT2D eigenvalue weighted by atomic mass is 79.9. The van der Waals surface area contributed by atoms with Crippen molar-refractivity contribution < 1.29 is 4.79 Å². The first kappa shape index (κ1) is 14.1. The highest BCUT2D eigenvalue weighted by Gasteiger charge is 2.24. The average Bonchev–Trinajstić information content (AvgIpc) is 3.01. The largest absolute Gasteiger partial charge is 0.380 e. The number of hydrogen-bond donors (Lipinski definition) is 2. The number of benzene rings is 1. The maximum Gasteiger partial charge on any atom is 0.257 e. The van der Waals surface area contributed by atoms with Crippen molar-refractivity contribution in [2.75, 3.05) is 18.4 Å². The van der Waals surface area contributed by atoms with Crippen LogP contribution in [0.1, 0.15) is 23.2 Å². The minimum atomic E-state index is 0.0458. The summed E-state index contributed by atoms with van der Waals surface area (Å²) >= 11 is 3.47. The first-order chi connectivity index (χ1) is 10.2. The molecule has 1 atom stereocenters. The van der Waals surface area contributed by atoms with E-state index in [9.17, 15) is 4.79 Å². The molecule has 6 heteroatoms. The average molecular weight is 349 g/mol. The van der Waals surface area contributed by atoms with Gasteiger partial charge in [0.2, 0.25) is 0 Å². The van der Waals surface area contributed by atoms with Crippen LogP contribution < -0.4 is 5.32 Å². The maximum atomic E-state index is 12.3. The topological polar surface area (TPSA) is 61.0 Å². The van der Waals surface area contributed by atoms with Crippen LogP contribution in [0.25, 0.3) is 0 Å². The van der Waals surface area contributed by atoms with Crippen molar-refractivity contribution in [3.8, 4) is 0 Å². The number of likely N-dealkylation sites (tertiary alicyclic amines) is 1. The Labute approximate surface area is 131 Å². The zero-order valence-corrected chi connectivity index (χ0v) is 13.1.